The molecule has 0 aromatic heterocycles. The van der Waals surface area contributed by atoms with Gasteiger partial charge < -0.3 is 15.2 Å². The average Bonchev–Trinajstić information content (AvgIpc) is 2.73. The fourth-order valence-electron chi connectivity index (χ4n) is 3.05. The molecule has 0 bridgehead atoms. The molecule has 0 amide bonds. The quantitative estimate of drug-likeness (QED) is 0.515. The SMILES string of the molecule is Nc1ccc(S(=O)(CCCOc2ccccc2)=NCCN2CCOCC2)cc1. The number of hydrogen-bond acceptors (Lipinski definition) is 6. The first-order chi connectivity index (χ1) is 13.7. The molecule has 2 aromatic rings. The smallest absolute Gasteiger partial charge is 0.119 e. The molecule has 0 spiro atoms. The standard InChI is InChI=1S/C21H29N3O3S/c22-19-7-9-21(10-8-19)28(25,23-11-12-24-13-16-26-17-14-24)18-4-15-27-20-5-2-1-3-6-20/h1-3,5-10H,4,11-18,22H2. The average molecular weight is 404 g/mol. The molecule has 3 rings (SSSR count). The van der Waals surface area contributed by atoms with Crippen LogP contribution in [0, 0.1) is 0 Å². The fourth-order valence-corrected chi connectivity index (χ4v) is 5.01. The van der Waals surface area contributed by atoms with Gasteiger partial charge in [0.15, 0.2) is 0 Å². The maximum absolute atomic E-state index is 13.6. The summed E-state index contributed by atoms with van der Waals surface area (Å²) in [4.78, 5) is 3.04. The van der Waals surface area contributed by atoms with Gasteiger partial charge in [-0.3, -0.25) is 4.90 Å². The molecule has 0 saturated carbocycles. The second-order valence-electron chi connectivity index (χ2n) is 6.74. The molecule has 2 N–H and O–H groups in total. The molecule has 1 aliphatic heterocycles. The Labute approximate surface area is 167 Å². The Morgan fingerprint density at radius 1 is 1.07 bits per heavy atom. The number of nitrogens with zero attached hydrogens (tertiary/aromatic N) is 2. The van der Waals surface area contributed by atoms with Crippen LogP contribution in [0.4, 0.5) is 5.69 Å². The van der Waals surface area contributed by atoms with Gasteiger partial charge in [0.1, 0.15) is 5.75 Å². The molecule has 1 aliphatic rings. The second-order valence-corrected chi connectivity index (χ2v) is 9.15. The van der Waals surface area contributed by atoms with E-state index in [0.29, 0.717) is 31.0 Å². The molecule has 0 aliphatic carbocycles. The maximum Gasteiger partial charge on any atom is 0.119 e. The lowest BCUT2D eigenvalue weighted by Gasteiger charge is -2.25. The molecule has 152 valence electrons. The number of nitrogen functional groups attached to an aromatic ring is 1. The van der Waals surface area contributed by atoms with E-state index in [-0.39, 0.29) is 0 Å². The Kier molecular flexibility index (Phi) is 7.71. The summed E-state index contributed by atoms with van der Waals surface area (Å²) in [6, 6.07) is 16.9. The van der Waals surface area contributed by atoms with Crippen molar-refractivity contribution in [3.63, 3.8) is 0 Å². The van der Waals surface area contributed by atoms with Crippen molar-refractivity contribution < 1.29 is 13.7 Å². The molecule has 1 saturated heterocycles. The van der Waals surface area contributed by atoms with E-state index in [4.69, 9.17) is 15.2 Å². The van der Waals surface area contributed by atoms with Crippen molar-refractivity contribution in [1.29, 1.82) is 0 Å². The molecule has 0 radical (unpaired) electrons. The van der Waals surface area contributed by atoms with Gasteiger partial charge in [0, 0.05) is 36.0 Å². The summed E-state index contributed by atoms with van der Waals surface area (Å²) < 4.78 is 29.4. The van der Waals surface area contributed by atoms with Crippen molar-refractivity contribution in [2.45, 2.75) is 11.3 Å². The first-order valence-electron chi connectivity index (χ1n) is 9.70. The highest BCUT2D eigenvalue weighted by Gasteiger charge is 2.14. The summed E-state index contributed by atoms with van der Waals surface area (Å²) in [6.07, 6.45) is 0.666. The molecule has 1 unspecified atom stereocenters. The Bertz CT molecular complexity index is 828. The van der Waals surface area contributed by atoms with Gasteiger partial charge in [0.05, 0.1) is 36.1 Å². The Balaban J connectivity index is 1.62. The molecular weight excluding hydrogens is 374 g/mol. The summed E-state index contributed by atoms with van der Waals surface area (Å²) in [5, 5.41) is 0. The van der Waals surface area contributed by atoms with Crippen LogP contribution in [0.15, 0.2) is 63.9 Å². The number of anilines is 1. The number of para-hydroxylation sites is 1. The van der Waals surface area contributed by atoms with Gasteiger partial charge >= 0.3 is 0 Å². The van der Waals surface area contributed by atoms with Crippen LogP contribution in [0.1, 0.15) is 6.42 Å². The topological polar surface area (TPSA) is 77.2 Å². The predicted molar refractivity (Wildman–Crippen MR) is 113 cm³/mol. The van der Waals surface area contributed by atoms with E-state index in [1.54, 1.807) is 12.1 Å². The zero-order chi connectivity index (χ0) is 19.7. The van der Waals surface area contributed by atoms with Crippen molar-refractivity contribution in [1.82, 2.24) is 4.90 Å². The minimum absolute atomic E-state index is 0.465. The third-order valence-electron chi connectivity index (χ3n) is 4.65. The third-order valence-corrected chi connectivity index (χ3v) is 7.10. The highest BCUT2D eigenvalue weighted by molar-refractivity contribution is 7.93. The van der Waals surface area contributed by atoms with Crippen LogP contribution in [-0.2, 0) is 14.5 Å². The van der Waals surface area contributed by atoms with Crippen molar-refractivity contribution in [2.75, 3.05) is 57.5 Å². The van der Waals surface area contributed by atoms with E-state index in [9.17, 15) is 4.21 Å². The Morgan fingerprint density at radius 2 is 1.79 bits per heavy atom. The van der Waals surface area contributed by atoms with E-state index in [2.05, 4.69) is 9.26 Å². The normalized spacial score (nSPS) is 17.0. The molecule has 2 aromatic carbocycles. The van der Waals surface area contributed by atoms with Crippen molar-refractivity contribution in [2.24, 2.45) is 4.36 Å². The number of nitrogens with two attached hydrogens (primary N) is 1. The number of ether oxygens (including phenoxy) is 2. The number of benzene rings is 2. The highest BCUT2D eigenvalue weighted by Crippen LogP contribution is 2.18. The van der Waals surface area contributed by atoms with E-state index < -0.39 is 9.73 Å². The van der Waals surface area contributed by atoms with E-state index in [1.165, 1.54) is 0 Å². The lowest BCUT2D eigenvalue weighted by molar-refractivity contribution is 0.0395. The van der Waals surface area contributed by atoms with Crippen molar-refractivity contribution >= 4 is 15.4 Å². The summed E-state index contributed by atoms with van der Waals surface area (Å²) in [5.41, 5.74) is 6.45. The van der Waals surface area contributed by atoms with Crippen molar-refractivity contribution in [3.05, 3.63) is 54.6 Å². The van der Waals surface area contributed by atoms with Crippen LogP contribution in [-0.4, -0.2) is 60.9 Å². The minimum Gasteiger partial charge on any atom is -0.494 e. The predicted octanol–water partition coefficient (Wildman–Crippen LogP) is 2.90. The second kappa shape index (κ2) is 10.5. The van der Waals surface area contributed by atoms with Crippen LogP contribution in [0.5, 0.6) is 5.75 Å². The molecule has 1 heterocycles. The molecule has 28 heavy (non-hydrogen) atoms. The highest BCUT2D eigenvalue weighted by atomic mass is 32.2. The van der Waals surface area contributed by atoms with Gasteiger partial charge in [0.25, 0.3) is 0 Å². The lowest BCUT2D eigenvalue weighted by Crippen LogP contribution is -2.37. The summed E-state index contributed by atoms with van der Waals surface area (Å²) in [7, 11) is -2.51. The third kappa shape index (κ3) is 6.22. The van der Waals surface area contributed by atoms with Crippen LogP contribution in [0.25, 0.3) is 0 Å². The molecule has 1 fully saturated rings. The van der Waals surface area contributed by atoms with E-state index in [1.807, 2.05) is 42.5 Å². The zero-order valence-corrected chi connectivity index (χ0v) is 17.0. The van der Waals surface area contributed by atoms with Crippen LogP contribution < -0.4 is 10.5 Å². The van der Waals surface area contributed by atoms with Crippen LogP contribution >= 0.6 is 0 Å². The van der Waals surface area contributed by atoms with Gasteiger partial charge in [-0.05, 0) is 42.8 Å². The zero-order valence-electron chi connectivity index (χ0n) is 16.2. The largest absolute Gasteiger partial charge is 0.494 e. The fraction of sp³-hybridized carbons (Fsp3) is 0.429. The first-order valence-corrected chi connectivity index (χ1v) is 11.4. The van der Waals surface area contributed by atoms with E-state index in [0.717, 1.165) is 43.5 Å². The Morgan fingerprint density at radius 3 is 2.50 bits per heavy atom. The van der Waals surface area contributed by atoms with Gasteiger partial charge in [-0.2, -0.15) is 0 Å². The minimum atomic E-state index is -2.51. The summed E-state index contributed by atoms with van der Waals surface area (Å²) >= 11 is 0. The van der Waals surface area contributed by atoms with Crippen LogP contribution in [0.2, 0.25) is 0 Å². The lowest BCUT2D eigenvalue weighted by atomic mass is 10.3. The molecule has 1 atom stereocenters. The van der Waals surface area contributed by atoms with Crippen LogP contribution in [0.3, 0.4) is 0 Å². The van der Waals surface area contributed by atoms with Gasteiger partial charge in [-0.25, -0.2) is 8.57 Å². The number of rotatable bonds is 9. The van der Waals surface area contributed by atoms with Crippen molar-refractivity contribution in [3.8, 4) is 5.75 Å². The Hall–Kier alpha value is -2.09. The summed E-state index contributed by atoms with van der Waals surface area (Å²) in [5.74, 6) is 1.29. The first kappa shape index (κ1) is 20.6. The maximum atomic E-state index is 13.6. The monoisotopic (exact) mass is 403 g/mol. The molecule has 7 heteroatoms. The van der Waals surface area contributed by atoms with Gasteiger partial charge in [-0.15, -0.1) is 0 Å². The van der Waals surface area contributed by atoms with E-state index >= 15 is 0 Å². The number of morpholine rings is 1. The summed E-state index contributed by atoms with van der Waals surface area (Å²) in [6.45, 7) is 5.18. The van der Waals surface area contributed by atoms with Gasteiger partial charge in [-0.1, -0.05) is 18.2 Å². The number of hydrogen-bond donors (Lipinski definition) is 1. The molecular formula is C21H29N3O3S. The van der Waals surface area contributed by atoms with Gasteiger partial charge in [0.2, 0.25) is 0 Å². The molecule has 6 nitrogen and oxygen atoms in total.